The second kappa shape index (κ2) is 8.33. The Balaban J connectivity index is 2.40. The Hall–Kier alpha value is -1.34. The highest BCUT2D eigenvalue weighted by Crippen LogP contribution is 2.23. The predicted molar refractivity (Wildman–Crippen MR) is 87.1 cm³/mol. The van der Waals surface area contributed by atoms with Crippen molar-refractivity contribution in [1.82, 2.24) is 16.0 Å². The molecule has 1 amide bonds. The summed E-state index contributed by atoms with van der Waals surface area (Å²) in [6.45, 7) is 8.07. The summed E-state index contributed by atoms with van der Waals surface area (Å²) in [4.78, 5) is 15.9. The number of hydrogen-bond acceptors (Lipinski definition) is 4. The van der Waals surface area contributed by atoms with Crippen molar-refractivity contribution in [3.8, 4) is 0 Å². The van der Waals surface area contributed by atoms with E-state index < -0.39 is 0 Å². The van der Waals surface area contributed by atoms with Crippen LogP contribution in [0, 0.1) is 0 Å². The van der Waals surface area contributed by atoms with E-state index in [1.54, 1.807) is 14.2 Å². The van der Waals surface area contributed by atoms with Gasteiger partial charge in [0.25, 0.3) is 0 Å². The predicted octanol–water partition coefficient (Wildman–Crippen LogP) is 0.262. The molecule has 0 saturated carbocycles. The van der Waals surface area contributed by atoms with Crippen molar-refractivity contribution in [3.63, 3.8) is 0 Å². The minimum Gasteiger partial charge on any atom is -0.381 e. The highest BCUT2D eigenvalue weighted by atomic mass is 16.5. The van der Waals surface area contributed by atoms with Gasteiger partial charge in [0, 0.05) is 52.3 Å². The van der Waals surface area contributed by atoms with Crippen LogP contribution in [0.4, 0.5) is 0 Å². The Morgan fingerprint density at radius 1 is 1.27 bits per heavy atom. The lowest BCUT2D eigenvalue weighted by Gasteiger charge is -2.36. The van der Waals surface area contributed by atoms with Crippen LogP contribution in [0.5, 0.6) is 0 Å². The first kappa shape index (κ1) is 18.7. The summed E-state index contributed by atoms with van der Waals surface area (Å²) < 4.78 is 11.0. The van der Waals surface area contributed by atoms with Gasteiger partial charge in [0.1, 0.15) is 0 Å². The number of aliphatic imine (C=N–C) groups is 1. The minimum atomic E-state index is -0.238. The number of carbonyl (C=O) groups excluding carboxylic acids is 1. The first-order chi connectivity index (χ1) is 10.3. The molecule has 1 rings (SSSR count). The Bertz CT molecular complexity index is 385. The van der Waals surface area contributed by atoms with E-state index in [0.717, 1.165) is 12.8 Å². The van der Waals surface area contributed by atoms with Crippen LogP contribution in [0.1, 0.15) is 33.6 Å². The molecule has 7 heteroatoms. The van der Waals surface area contributed by atoms with Gasteiger partial charge in [0.2, 0.25) is 5.91 Å². The summed E-state index contributed by atoms with van der Waals surface area (Å²) >= 11 is 0. The highest BCUT2D eigenvalue weighted by molar-refractivity contribution is 5.86. The molecule has 0 atom stereocenters. The van der Waals surface area contributed by atoms with Crippen LogP contribution in [-0.4, -0.2) is 63.5 Å². The van der Waals surface area contributed by atoms with Gasteiger partial charge in [-0.15, -0.1) is 0 Å². The monoisotopic (exact) mass is 314 g/mol. The Labute approximate surface area is 133 Å². The number of nitrogens with zero attached hydrogens (tertiary/aromatic N) is 1. The molecule has 22 heavy (non-hydrogen) atoms. The van der Waals surface area contributed by atoms with Crippen LogP contribution in [0.3, 0.4) is 0 Å². The van der Waals surface area contributed by atoms with Crippen LogP contribution in [0.2, 0.25) is 0 Å². The van der Waals surface area contributed by atoms with Crippen LogP contribution >= 0.6 is 0 Å². The molecule has 0 bridgehead atoms. The zero-order valence-corrected chi connectivity index (χ0v) is 14.4. The van der Waals surface area contributed by atoms with E-state index in [4.69, 9.17) is 9.47 Å². The van der Waals surface area contributed by atoms with E-state index in [1.807, 2.05) is 20.8 Å². The fraction of sp³-hybridized carbons (Fsp3) is 0.867. The molecule has 128 valence electrons. The summed E-state index contributed by atoms with van der Waals surface area (Å²) in [5.41, 5.74) is -0.471. The Morgan fingerprint density at radius 3 is 2.41 bits per heavy atom. The first-order valence-electron chi connectivity index (χ1n) is 7.69. The van der Waals surface area contributed by atoms with Crippen molar-refractivity contribution < 1.29 is 14.3 Å². The fourth-order valence-corrected chi connectivity index (χ4v) is 2.29. The molecular formula is C15H30N4O3. The second-order valence-corrected chi connectivity index (χ2v) is 6.58. The van der Waals surface area contributed by atoms with Crippen molar-refractivity contribution in [2.45, 2.75) is 44.8 Å². The molecule has 1 heterocycles. The van der Waals surface area contributed by atoms with Crippen LogP contribution in [0.15, 0.2) is 4.99 Å². The third-order valence-corrected chi connectivity index (χ3v) is 3.57. The minimum absolute atomic E-state index is 0.0667. The molecule has 0 aromatic carbocycles. The molecule has 3 N–H and O–H groups in total. The number of carbonyl (C=O) groups is 1. The maximum Gasteiger partial charge on any atom is 0.239 e. The molecule has 0 aliphatic carbocycles. The number of amides is 1. The standard InChI is InChI=1S/C15H30N4O3/c1-14(2,3)19-12(20)10-17-13(16-4)18-11-15(21-5)6-8-22-9-7-15/h6-11H2,1-5H3,(H,19,20)(H2,16,17,18). The maximum absolute atomic E-state index is 11.8. The van der Waals surface area contributed by atoms with Gasteiger partial charge in [-0.3, -0.25) is 9.79 Å². The van der Waals surface area contributed by atoms with E-state index in [0.29, 0.717) is 25.7 Å². The summed E-state index contributed by atoms with van der Waals surface area (Å²) in [5, 5.41) is 9.14. The van der Waals surface area contributed by atoms with Gasteiger partial charge in [0.15, 0.2) is 5.96 Å². The lowest BCUT2D eigenvalue weighted by atomic mass is 9.94. The van der Waals surface area contributed by atoms with Crippen LogP contribution in [-0.2, 0) is 14.3 Å². The summed E-state index contributed by atoms with van der Waals surface area (Å²) in [7, 11) is 3.40. The average Bonchev–Trinajstić information content (AvgIpc) is 2.46. The third kappa shape index (κ3) is 6.62. The normalized spacial score (nSPS) is 18.7. The highest BCUT2D eigenvalue weighted by Gasteiger charge is 2.32. The Morgan fingerprint density at radius 2 is 1.91 bits per heavy atom. The van der Waals surface area contributed by atoms with E-state index in [-0.39, 0.29) is 23.6 Å². The molecule has 0 spiro atoms. The largest absolute Gasteiger partial charge is 0.381 e. The number of hydrogen-bond donors (Lipinski definition) is 3. The average molecular weight is 314 g/mol. The molecule has 0 aromatic heterocycles. The summed E-state index contributed by atoms with van der Waals surface area (Å²) in [5.74, 6) is 0.523. The van der Waals surface area contributed by atoms with Crippen molar-refractivity contribution in [2.24, 2.45) is 4.99 Å². The maximum atomic E-state index is 11.8. The zero-order valence-electron chi connectivity index (χ0n) is 14.4. The summed E-state index contributed by atoms with van der Waals surface area (Å²) in [6.07, 6.45) is 1.69. The molecule has 1 aliphatic rings. The lowest BCUT2D eigenvalue weighted by Crippen LogP contribution is -2.52. The van der Waals surface area contributed by atoms with Gasteiger partial charge >= 0.3 is 0 Å². The zero-order chi connectivity index (χ0) is 16.6. The first-order valence-corrected chi connectivity index (χ1v) is 7.69. The van der Waals surface area contributed by atoms with Crippen LogP contribution in [0.25, 0.3) is 0 Å². The van der Waals surface area contributed by atoms with Crippen molar-refractivity contribution in [3.05, 3.63) is 0 Å². The van der Waals surface area contributed by atoms with Gasteiger partial charge in [-0.25, -0.2) is 0 Å². The number of guanidine groups is 1. The van der Waals surface area contributed by atoms with Gasteiger partial charge in [-0.2, -0.15) is 0 Å². The van der Waals surface area contributed by atoms with Crippen LogP contribution < -0.4 is 16.0 Å². The molecule has 1 aliphatic heterocycles. The van der Waals surface area contributed by atoms with E-state index >= 15 is 0 Å². The van der Waals surface area contributed by atoms with Gasteiger partial charge in [-0.1, -0.05) is 0 Å². The molecule has 1 fully saturated rings. The van der Waals surface area contributed by atoms with Crippen molar-refractivity contribution in [1.29, 1.82) is 0 Å². The molecular weight excluding hydrogens is 284 g/mol. The number of methoxy groups -OCH3 is 1. The third-order valence-electron chi connectivity index (χ3n) is 3.57. The van der Waals surface area contributed by atoms with Gasteiger partial charge in [0.05, 0.1) is 12.1 Å². The topological polar surface area (TPSA) is 84.0 Å². The van der Waals surface area contributed by atoms with Gasteiger partial charge < -0.3 is 25.4 Å². The lowest BCUT2D eigenvalue weighted by molar-refractivity contribution is -0.121. The summed E-state index contributed by atoms with van der Waals surface area (Å²) in [6, 6.07) is 0. The molecule has 1 saturated heterocycles. The number of rotatable bonds is 5. The van der Waals surface area contributed by atoms with Crippen molar-refractivity contribution in [2.75, 3.05) is 40.5 Å². The smallest absolute Gasteiger partial charge is 0.239 e. The van der Waals surface area contributed by atoms with E-state index in [1.165, 1.54) is 0 Å². The second-order valence-electron chi connectivity index (χ2n) is 6.58. The molecule has 0 aromatic rings. The fourth-order valence-electron chi connectivity index (χ4n) is 2.29. The quantitative estimate of drug-likeness (QED) is 0.501. The molecule has 0 radical (unpaired) electrons. The van der Waals surface area contributed by atoms with E-state index in [9.17, 15) is 4.79 Å². The Kier molecular flexibility index (Phi) is 7.09. The van der Waals surface area contributed by atoms with Crippen molar-refractivity contribution >= 4 is 11.9 Å². The number of ether oxygens (including phenoxy) is 2. The van der Waals surface area contributed by atoms with Gasteiger partial charge in [-0.05, 0) is 20.8 Å². The van der Waals surface area contributed by atoms with E-state index in [2.05, 4.69) is 20.9 Å². The molecule has 0 unspecified atom stereocenters. The SMILES string of the molecule is CN=C(NCC(=O)NC(C)(C)C)NCC1(OC)CCOCC1. The molecule has 7 nitrogen and oxygen atoms in total. The number of nitrogens with one attached hydrogen (secondary N) is 3.